The Balaban J connectivity index is 2.03. The maximum absolute atomic E-state index is 9.48. The van der Waals surface area contributed by atoms with Crippen LogP contribution in [0.4, 0.5) is 0 Å². The molecule has 1 saturated heterocycles. The molecule has 1 aliphatic carbocycles. The summed E-state index contributed by atoms with van der Waals surface area (Å²) in [5, 5.41) is 9.48. The molecule has 0 radical (unpaired) electrons. The summed E-state index contributed by atoms with van der Waals surface area (Å²) in [7, 11) is 2.22. The minimum atomic E-state index is 0.287. The van der Waals surface area contributed by atoms with Crippen molar-refractivity contribution in [2.24, 2.45) is 5.41 Å². The van der Waals surface area contributed by atoms with Gasteiger partial charge in [-0.25, -0.2) is 0 Å². The molecular formula is C11H21NO. The molecule has 2 nitrogen and oxygen atoms in total. The summed E-state index contributed by atoms with van der Waals surface area (Å²) in [6.07, 6.45) is 7.82. The topological polar surface area (TPSA) is 23.5 Å². The summed E-state index contributed by atoms with van der Waals surface area (Å²) < 4.78 is 0. The Kier molecular flexibility index (Phi) is 2.61. The second kappa shape index (κ2) is 3.58. The van der Waals surface area contributed by atoms with Crippen molar-refractivity contribution in [1.82, 2.24) is 4.90 Å². The molecule has 2 fully saturated rings. The number of piperidine rings is 1. The van der Waals surface area contributed by atoms with Crippen molar-refractivity contribution >= 4 is 0 Å². The highest BCUT2D eigenvalue weighted by Gasteiger charge is 2.45. The fourth-order valence-corrected chi connectivity index (χ4v) is 3.08. The Morgan fingerprint density at radius 3 is 2.54 bits per heavy atom. The zero-order valence-electron chi connectivity index (χ0n) is 8.63. The molecule has 76 valence electrons. The first-order chi connectivity index (χ1) is 6.28. The fourth-order valence-electron chi connectivity index (χ4n) is 3.08. The van der Waals surface area contributed by atoms with Gasteiger partial charge < -0.3 is 10.0 Å². The Labute approximate surface area is 80.9 Å². The average molecular weight is 183 g/mol. The van der Waals surface area contributed by atoms with Gasteiger partial charge in [0.15, 0.2) is 0 Å². The standard InChI is InChI=1S/C11H21NO/c1-12-8-3-2-5-10(12)11(9-13)6-4-7-11/h10,13H,2-9H2,1H3. The molecular weight excluding hydrogens is 162 g/mol. The van der Waals surface area contributed by atoms with E-state index in [-0.39, 0.29) is 5.41 Å². The van der Waals surface area contributed by atoms with Gasteiger partial charge in [0, 0.05) is 11.5 Å². The third-order valence-corrected chi connectivity index (χ3v) is 4.14. The lowest BCUT2D eigenvalue weighted by Crippen LogP contribution is -2.53. The van der Waals surface area contributed by atoms with E-state index in [0.29, 0.717) is 12.6 Å². The van der Waals surface area contributed by atoms with Gasteiger partial charge in [0.1, 0.15) is 0 Å². The summed E-state index contributed by atoms with van der Waals surface area (Å²) in [4.78, 5) is 2.47. The molecule has 0 spiro atoms. The zero-order chi connectivity index (χ0) is 9.31. The molecule has 2 aliphatic rings. The Morgan fingerprint density at radius 2 is 2.08 bits per heavy atom. The molecule has 1 unspecified atom stereocenters. The normalized spacial score (nSPS) is 34.2. The van der Waals surface area contributed by atoms with Gasteiger partial charge in [0.25, 0.3) is 0 Å². The van der Waals surface area contributed by atoms with E-state index in [0.717, 1.165) is 0 Å². The van der Waals surface area contributed by atoms with Gasteiger partial charge >= 0.3 is 0 Å². The fraction of sp³-hybridized carbons (Fsp3) is 1.00. The van der Waals surface area contributed by atoms with Gasteiger partial charge in [-0.3, -0.25) is 0 Å². The summed E-state index contributed by atoms with van der Waals surface area (Å²) in [6, 6.07) is 0.667. The van der Waals surface area contributed by atoms with Gasteiger partial charge in [-0.05, 0) is 39.3 Å². The number of hydrogen-bond acceptors (Lipinski definition) is 2. The number of aliphatic hydroxyl groups excluding tert-OH is 1. The van der Waals surface area contributed by atoms with Crippen molar-refractivity contribution in [3.8, 4) is 0 Å². The number of rotatable bonds is 2. The summed E-state index contributed by atoms with van der Waals surface area (Å²) in [5.41, 5.74) is 0.287. The van der Waals surface area contributed by atoms with Crippen molar-refractivity contribution in [2.45, 2.75) is 44.6 Å². The highest BCUT2D eigenvalue weighted by Crippen LogP contribution is 2.47. The van der Waals surface area contributed by atoms with Gasteiger partial charge in [-0.15, -0.1) is 0 Å². The van der Waals surface area contributed by atoms with E-state index in [4.69, 9.17) is 0 Å². The van der Waals surface area contributed by atoms with Crippen LogP contribution >= 0.6 is 0 Å². The first-order valence-electron chi connectivity index (χ1n) is 5.60. The second-order valence-corrected chi connectivity index (χ2v) is 4.87. The Morgan fingerprint density at radius 1 is 1.31 bits per heavy atom. The zero-order valence-corrected chi connectivity index (χ0v) is 8.63. The lowest BCUT2D eigenvalue weighted by molar-refractivity contribution is -0.0501. The molecule has 0 aromatic rings. The van der Waals surface area contributed by atoms with Crippen LogP contribution in [0.3, 0.4) is 0 Å². The van der Waals surface area contributed by atoms with Gasteiger partial charge in [-0.2, -0.15) is 0 Å². The van der Waals surface area contributed by atoms with Crippen molar-refractivity contribution in [1.29, 1.82) is 0 Å². The molecule has 0 aromatic heterocycles. The first kappa shape index (κ1) is 9.47. The smallest absolute Gasteiger partial charge is 0.0502 e. The van der Waals surface area contributed by atoms with Gasteiger partial charge in [-0.1, -0.05) is 12.8 Å². The number of hydrogen-bond donors (Lipinski definition) is 1. The van der Waals surface area contributed by atoms with E-state index in [1.165, 1.54) is 45.1 Å². The number of nitrogens with zero attached hydrogens (tertiary/aromatic N) is 1. The van der Waals surface area contributed by atoms with Crippen LogP contribution in [-0.2, 0) is 0 Å². The van der Waals surface area contributed by atoms with Crippen molar-refractivity contribution in [3.63, 3.8) is 0 Å². The third kappa shape index (κ3) is 1.50. The van der Waals surface area contributed by atoms with Crippen molar-refractivity contribution in [3.05, 3.63) is 0 Å². The minimum Gasteiger partial charge on any atom is -0.396 e. The highest BCUT2D eigenvalue weighted by molar-refractivity contribution is 4.98. The largest absolute Gasteiger partial charge is 0.396 e. The molecule has 0 bridgehead atoms. The predicted molar refractivity (Wildman–Crippen MR) is 53.6 cm³/mol. The van der Waals surface area contributed by atoms with Crippen LogP contribution in [0.25, 0.3) is 0 Å². The van der Waals surface area contributed by atoms with E-state index in [1.54, 1.807) is 0 Å². The van der Waals surface area contributed by atoms with Crippen LogP contribution in [0.2, 0.25) is 0 Å². The lowest BCUT2D eigenvalue weighted by Gasteiger charge is -2.51. The van der Waals surface area contributed by atoms with Crippen molar-refractivity contribution < 1.29 is 5.11 Å². The number of aliphatic hydroxyl groups is 1. The quantitative estimate of drug-likeness (QED) is 0.703. The summed E-state index contributed by atoms with van der Waals surface area (Å²) in [5.74, 6) is 0. The van der Waals surface area contributed by atoms with Crippen LogP contribution in [0.15, 0.2) is 0 Å². The van der Waals surface area contributed by atoms with Crippen LogP contribution in [-0.4, -0.2) is 36.2 Å². The molecule has 13 heavy (non-hydrogen) atoms. The maximum Gasteiger partial charge on any atom is 0.0502 e. The van der Waals surface area contributed by atoms with Crippen molar-refractivity contribution in [2.75, 3.05) is 20.2 Å². The molecule has 2 rings (SSSR count). The van der Waals surface area contributed by atoms with Crippen LogP contribution in [0.5, 0.6) is 0 Å². The molecule has 2 heteroatoms. The van der Waals surface area contributed by atoms with Gasteiger partial charge in [0.2, 0.25) is 0 Å². The van der Waals surface area contributed by atoms with Crippen LogP contribution in [0.1, 0.15) is 38.5 Å². The molecule has 1 saturated carbocycles. The second-order valence-electron chi connectivity index (χ2n) is 4.87. The summed E-state index contributed by atoms with van der Waals surface area (Å²) >= 11 is 0. The maximum atomic E-state index is 9.48. The van der Waals surface area contributed by atoms with E-state index >= 15 is 0 Å². The molecule has 1 N–H and O–H groups in total. The van der Waals surface area contributed by atoms with E-state index in [9.17, 15) is 5.11 Å². The SMILES string of the molecule is CN1CCCCC1C1(CO)CCC1. The number of likely N-dealkylation sites (tertiary alicyclic amines) is 1. The first-order valence-corrected chi connectivity index (χ1v) is 5.60. The lowest BCUT2D eigenvalue weighted by atomic mass is 9.62. The summed E-state index contributed by atoms with van der Waals surface area (Å²) in [6.45, 7) is 1.63. The average Bonchev–Trinajstić information content (AvgIpc) is 2.07. The monoisotopic (exact) mass is 183 g/mol. The Bertz CT molecular complexity index is 171. The van der Waals surface area contributed by atoms with E-state index < -0.39 is 0 Å². The molecule has 0 aromatic carbocycles. The van der Waals surface area contributed by atoms with E-state index in [1.807, 2.05) is 0 Å². The van der Waals surface area contributed by atoms with Gasteiger partial charge in [0.05, 0.1) is 6.61 Å². The third-order valence-electron chi connectivity index (χ3n) is 4.14. The molecule has 1 heterocycles. The predicted octanol–water partition coefficient (Wildman–Crippen LogP) is 1.63. The molecule has 1 atom stereocenters. The molecule has 1 aliphatic heterocycles. The highest BCUT2D eigenvalue weighted by atomic mass is 16.3. The van der Waals surface area contributed by atoms with E-state index in [2.05, 4.69) is 11.9 Å². The minimum absolute atomic E-state index is 0.287. The Hall–Kier alpha value is -0.0800. The van der Waals surface area contributed by atoms with Crippen LogP contribution in [0, 0.1) is 5.41 Å². The molecule has 0 amide bonds. The van der Waals surface area contributed by atoms with Crippen LogP contribution < -0.4 is 0 Å².